The van der Waals surface area contributed by atoms with Crippen LogP contribution in [0.2, 0.25) is 0 Å². The minimum absolute atomic E-state index is 0.254. The minimum atomic E-state index is -0.254. The summed E-state index contributed by atoms with van der Waals surface area (Å²) in [6, 6.07) is 3.74. The van der Waals surface area contributed by atoms with Crippen LogP contribution in [0.25, 0.3) is 0 Å². The van der Waals surface area contributed by atoms with Crippen molar-refractivity contribution in [3.63, 3.8) is 0 Å². The highest BCUT2D eigenvalue weighted by molar-refractivity contribution is 5.55. The van der Waals surface area contributed by atoms with E-state index in [0.717, 1.165) is 44.1 Å². The lowest BCUT2D eigenvalue weighted by molar-refractivity contribution is 0.0320. The summed E-state index contributed by atoms with van der Waals surface area (Å²) in [4.78, 5) is 16.6. The highest BCUT2D eigenvalue weighted by Gasteiger charge is 2.15. The molecule has 0 aromatic carbocycles. The summed E-state index contributed by atoms with van der Waals surface area (Å²) in [5, 5.41) is 13.8. The quantitative estimate of drug-likeness (QED) is 0.232. The fraction of sp³-hybridized carbons (Fsp3) is 0.625. The van der Waals surface area contributed by atoms with Crippen LogP contribution in [0, 0.1) is 5.92 Å². The van der Waals surface area contributed by atoms with Crippen LogP contribution >= 0.6 is 0 Å². The van der Waals surface area contributed by atoms with Gasteiger partial charge in [0.2, 0.25) is 11.8 Å². The maximum Gasteiger partial charge on any atom is 0.228 e. The summed E-state index contributed by atoms with van der Waals surface area (Å²) in [5.74, 6) is 8.35. The third-order valence-corrected chi connectivity index (χ3v) is 5.93. The molecule has 35 heavy (non-hydrogen) atoms. The summed E-state index contributed by atoms with van der Waals surface area (Å²) >= 11 is 0. The first-order valence-corrected chi connectivity index (χ1v) is 12.3. The molecule has 3 rings (SSSR count). The maximum absolute atomic E-state index is 5.99. The van der Waals surface area contributed by atoms with E-state index in [4.69, 9.17) is 20.2 Å². The Kier molecular flexibility index (Phi) is 10.3. The van der Waals surface area contributed by atoms with Crippen molar-refractivity contribution in [3.8, 4) is 5.88 Å². The van der Waals surface area contributed by atoms with Gasteiger partial charge in [-0.05, 0) is 18.3 Å². The number of H-pyrrole nitrogens is 1. The zero-order chi connectivity index (χ0) is 25.2. The van der Waals surface area contributed by atoms with Crippen LogP contribution in [0.1, 0.15) is 45.7 Å². The van der Waals surface area contributed by atoms with Crippen molar-refractivity contribution in [1.29, 1.82) is 0 Å². The van der Waals surface area contributed by atoms with E-state index in [9.17, 15) is 0 Å². The molecule has 0 bridgehead atoms. The molecule has 5 N–H and O–H groups in total. The van der Waals surface area contributed by atoms with Crippen molar-refractivity contribution >= 4 is 17.6 Å². The van der Waals surface area contributed by atoms with E-state index in [2.05, 4.69) is 70.0 Å². The standard InChI is InChI=1S/C24H40N8O3/c1-16(2)18(5)12-19(35-25)15-26-24-28-21(27-22-13-20(17(3)4)30-31-22)14-23(29-24)34-11-8-32-6-9-33-10-7-32/h13-14,16-17,19H,5-12,15,25H2,1-4H3,(H3,26,27,28,29,30,31). The molecule has 3 heterocycles. The van der Waals surface area contributed by atoms with Gasteiger partial charge in [0.25, 0.3) is 0 Å². The Morgan fingerprint density at radius 1 is 1.20 bits per heavy atom. The van der Waals surface area contributed by atoms with Gasteiger partial charge < -0.3 is 20.1 Å². The molecule has 1 atom stereocenters. The van der Waals surface area contributed by atoms with Crippen LogP contribution in [0.3, 0.4) is 0 Å². The zero-order valence-corrected chi connectivity index (χ0v) is 21.3. The number of hydrogen-bond donors (Lipinski definition) is 4. The number of aromatic nitrogens is 4. The van der Waals surface area contributed by atoms with Gasteiger partial charge in [0, 0.05) is 44.0 Å². The van der Waals surface area contributed by atoms with E-state index in [1.807, 2.05) is 6.07 Å². The molecule has 1 saturated heterocycles. The van der Waals surface area contributed by atoms with Crippen LogP contribution in [-0.2, 0) is 9.57 Å². The van der Waals surface area contributed by atoms with Crippen molar-refractivity contribution in [2.24, 2.45) is 11.8 Å². The molecule has 0 radical (unpaired) electrons. The number of nitrogens with two attached hydrogens (primary N) is 1. The summed E-state index contributed by atoms with van der Waals surface area (Å²) in [5.41, 5.74) is 2.11. The Hall–Kier alpha value is -2.73. The van der Waals surface area contributed by atoms with E-state index in [0.29, 0.717) is 54.9 Å². The summed E-state index contributed by atoms with van der Waals surface area (Å²) in [6.07, 6.45) is 0.392. The predicted octanol–water partition coefficient (Wildman–Crippen LogP) is 3.05. The molecule has 1 fully saturated rings. The second kappa shape index (κ2) is 13.4. The van der Waals surface area contributed by atoms with Gasteiger partial charge in [-0.3, -0.25) is 14.8 Å². The van der Waals surface area contributed by atoms with Gasteiger partial charge in [-0.1, -0.05) is 39.8 Å². The highest BCUT2D eigenvalue weighted by Crippen LogP contribution is 2.22. The first-order valence-electron chi connectivity index (χ1n) is 12.3. The predicted molar refractivity (Wildman–Crippen MR) is 137 cm³/mol. The molecule has 11 nitrogen and oxygen atoms in total. The average molecular weight is 489 g/mol. The average Bonchev–Trinajstić information content (AvgIpc) is 3.31. The van der Waals surface area contributed by atoms with Crippen LogP contribution in [-0.4, -0.2) is 77.2 Å². The van der Waals surface area contributed by atoms with E-state index < -0.39 is 0 Å². The van der Waals surface area contributed by atoms with Crippen LogP contribution in [0.4, 0.5) is 17.6 Å². The molecular weight excluding hydrogens is 448 g/mol. The molecule has 1 unspecified atom stereocenters. The molecule has 194 valence electrons. The van der Waals surface area contributed by atoms with E-state index in [-0.39, 0.29) is 6.10 Å². The van der Waals surface area contributed by atoms with E-state index >= 15 is 0 Å². The Labute approximate surface area is 207 Å². The topological polar surface area (TPSA) is 135 Å². The third kappa shape index (κ3) is 8.77. The lowest BCUT2D eigenvalue weighted by atomic mass is 9.99. The molecule has 0 saturated carbocycles. The van der Waals surface area contributed by atoms with Gasteiger partial charge in [0.15, 0.2) is 5.82 Å². The number of rotatable bonds is 14. The van der Waals surface area contributed by atoms with Crippen molar-refractivity contribution in [3.05, 3.63) is 30.0 Å². The smallest absolute Gasteiger partial charge is 0.228 e. The summed E-state index contributed by atoms with van der Waals surface area (Å²) in [6.45, 7) is 17.6. The Morgan fingerprint density at radius 2 is 1.97 bits per heavy atom. The zero-order valence-electron chi connectivity index (χ0n) is 21.3. The van der Waals surface area contributed by atoms with Crippen LogP contribution in [0.15, 0.2) is 24.3 Å². The molecule has 2 aromatic rings. The SMILES string of the molecule is C=C(CC(CNc1nc(Nc2cc(C(C)C)[nH]n2)cc(OCCN2CCOCC2)n1)ON)C(C)C. The molecule has 1 aliphatic heterocycles. The fourth-order valence-corrected chi connectivity index (χ4v) is 3.48. The molecule has 2 aromatic heterocycles. The van der Waals surface area contributed by atoms with Gasteiger partial charge in [-0.25, -0.2) is 5.90 Å². The molecular formula is C24H40N8O3. The summed E-state index contributed by atoms with van der Waals surface area (Å²) < 4.78 is 11.4. The lowest BCUT2D eigenvalue weighted by Gasteiger charge is -2.26. The molecule has 0 aliphatic carbocycles. The number of nitrogens with zero attached hydrogens (tertiary/aromatic N) is 4. The van der Waals surface area contributed by atoms with Crippen molar-refractivity contribution in [2.45, 2.75) is 46.1 Å². The second-order valence-corrected chi connectivity index (χ2v) is 9.36. The minimum Gasteiger partial charge on any atom is -0.476 e. The fourth-order valence-electron chi connectivity index (χ4n) is 3.48. The summed E-state index contributed by atoms with van der Waals surface area (Å²) in [7, 11) is 0. The highest BCUT2D eigenvalue weighted by atomic mass is 16.6. The normalized spacial score (nSPS) is 15.4. The Bertz CT molecular complexity index is 927. The number of ether oxygens (including phenoxy) is 2. The van der Waals surface area contributed by atoms with Gasteiger partial charge in [0.05, 0.1) is 19.3 Å². The number of hydrogen-bond acceptors (Lipinski definition) is 10. The molecule has 0 amide bonds. The molecule has 1 aliphatic rings. The number of aromatic amines is 1. The largest absolute Gasteiger partial charge is 0.476 e. The van der Waals surface area contributed by atoms with Gasteiger partial charge in [0.1, 0.15) is 12.4 Å². The van der Waals surface area contributed by atoms with E-state index in [1.54, 1.807) is 6.07 Å². The van der Waals surface area contributed by atoms with E-state index in [1.165, 1.54) is 0 Å². The van der Waals surface area contributed by atoms with Gasteiger partial charge in [-0.15, -0.1) is 0 Å². The monoisotopic (exact) mass is 488 g/mol. The van der Waals surface area contributed by atoms with Crippen LogP contribution in [0.5, 0.6) is 5.88 Å². The number of anilines is 3. The lowest BCUT2D eigenvalue weighted by Crippen LogP contribution is -2.38. The number of morpholine rings is 1. The molecule has 11 heteroatoms. The first-order chi connectivity index (χ1) is 16.8. The molecule has 0 spiro atoms. The van der Waals surface area contributed by atoms with Crippen LogP contribution < -0.4 is 21.3 Å². The first kappa shape index (κ1) is 26.9. The van der Waals surface area contributed by atoms with Crippen molar-refractivity contribution < 1.29 is 14.3 Å². The van der Waals surface area contributed by atoms with Gasteiger partial charge in [-0.2, -0.15) is 15.1 Å². The number of nitrogens with one attached hydrogen (secondary N) is 3. The Morgan fingerprint density at radius 3 is 2.63 bits per heavy atom. The van der Waals surface area contributed by atoms with Gasteiger partial charge >= 0.3 is 0 Å². The van der Waals surface area contributed by atoms with Crippen molar-refractivity contribution in [1.82, 2.24) is 25.1 Å². The third-order valence-electron chi connectivity index (χ3n) is 5.93. The second-order valence-electron chi connectivity index (χ2n) is 9.36. The Balaban J connectivity index is 1.68. The maximum atomic E-state index is 5.99. The van der Waals surface area contributed by atoms with Crippen molar-refractivity contribution in [2.75, 3.05) is 56.6 Å².